The Hall–Kier alpha value is 1.53. The molecule has 0 heterocycles. The fraction of sp³-hybridized carbons (Fsp3) is 0. The number of halogens is 2. The summed E-state index contributed by atoms with van der Waals surface area (Å²) in [5.74, 6) is 0. The molecular formula is F2MgOY. The molecule has 0 spiro atoms. The number of hydrogen-bond donors (Lipinski definition) is 0. The van der Waals surface area contributed by atoms with Crippen LogP contribution in [-0.4, -0.2) is 21.5 Å². The van der Waals surface area contributed by atoms with Gasteiger partial charge in [0.1, 0.15) is 0 Å². The van der Waals surface area contributed by atoms with Gasteiger partial charge in [0, 0.05) is 0 Å². The standard InChI is InChI=1S/2FH.Mg.O.Y/h2*1H;;;/q;;+2;;/p-2. The van der Waals surface area contributed by atoms with Crippen molar-refractivity contribution in [1.82, 2.24) is 0 Å². The second kappa shape index (κ2) is 17.7. The summed E-state index contributed by atoms with van der Waals surface area (Å²) in [5, 5.41) is 0. The molecule has 0 aliphatic rings. The fourth-order valence-electron chi connectivity index (χ4n) is 0. The van der Waals surface area contributed by atoms with Gasteiger partial charge >= 0.3 is 54.5 Å². The van der Waals surface area contributed by atoms with Crippen LogP contribution in [0.5, 0.6) is 0 Å². The van der Waals surface area contributed by atoms with Crippen LogP contribution in [0.2, 0.25) is 0 Å². The first-order valence-electron chi connectivity index (χ1n) is 0.770. The zero-order valence-electron chi connectivity index (χ0n) is 2.45. The molecule has 0 saturated heterocycles. The van der Waals surface area contributed by atoms with Gasteiger partial charge < -0.3 is 5.91 Å². The van der Waals surface area contributed by atoms with Gasteiger partial charge in [-0.1, -0.05) is 0 Å². The third-order valence-electron chi connectivity index (χ3n) is 0. The predicted molar refractivity (Wildman–Crippen MR) is 8.66 cm³/mol. The van der Waals surface area contributed by atoms with Crippen molar-refractivity contribution in [2.45, 2.75) is 0 Å². The van der Waals surface area contributed by atoms with Gasteiger partial charge in [-0.25, -0.2) is 0 Å². The molecule has 0 bridgehead atoms. The Morgan fingerprint density at radius 2 is 1.40 bits per heavy atom. The van der Waals surface area contributed by atoms with Crippen LogP contribution in [0.25, 0.3) is 0 Å². The van der Waals surface area contributed by atoms with Gasteiger partial charge in [-0.2, -0.15) is 0 Å². The summed E-state index contributed by atoms with van der Waals surface area (Å²) in [6.45, 7) is 0. The zero-order chi connectivity index (χ0) is 4.71. The van der Waals surface area contributed by atoms with Gasteiger partial charge in [0.2, 0.25) is 0 Å². The van der Waals surface area contributed by atoms with E-state index in [2.05, 4.69) is 0 Å². The van der Waals surface area contributed by atoms with E-state index in [1.165, 1.54) is 0 Å². The van der Waals surface area contributed by atoms with Crippen molar-refractivity contribution in [2.24, 2.45) is 0 Å². The van der Waals surface area contributed by atoms with E-state index >= 15 is 0 Å². The molecule has 0 aromatic carbocycles. The minimum atomic E-state index is -2.58. The van der Waals surface area contributed by atoms with Crippen molar-refractivity contribution in [3.8, 4) is 0 Å². The van der Waals surface area contributed by atoms with Crippen LogP contribution in [0.1, 0.15) is 0 Å². The molecule has 0 fully saturated rings. The van der Waals surface area contributed by atoms with Crippen LogP contribution in [0.15, 0.2) is 0 Å². The van der Waals surface area contributed by atoms with Gasteiger partial charge in [0.25, 0.3) is 0 Å². The molecule has 0 rings (SSSR count). The van der Waals surface area contributed by atoms with Crippen molar-refractivity contribution in [1.29, 1.82) is 0 Å². The fourth-order valence-corrected chi connectivity index (χ4v) is 0. The first kappa shape index (κ1) is 9.73. The normalized spacial score (nSPS) is 3.20. The third-order valence-corrected chi connectivity index (χ3v) is 0. The topological polar surface area (TPSA) is 17.1 Å². The maximum atomic E-state index is 9.76. The summed E-state index contributed by atoms with van der Waals surface area (Å²) in [5.41, 5.74) is 0. The summed E-state index contributed by atoms with van der Waals surface area (Å²) in [4.78, 5) is 0. The van der Waals surface area contributed by atoms with Crippen molar-refractivity contribution in [3.63, 3.8) is 0 Å². The van der Waals surface area contributed by atoms with Crippen LogP contribution in [-0.2, 0) is 33.1 Å². The van der Waals surface area contributed by atoms with E-state index in [4.69, 9.17) is 2.04 Å². The van der Waals surface area contributed by atoms with Crippen LogP contribution in [0, 0.1) is 0 Å². The molecule has 25 valence electrons. The van der Waals surface area contributed by atoms with E-state index in [1.54, 1.807) is 0 Å². The SMILES string of the molecule is [F][Mg][F].[O]=[Y]. The zero-order valence-corrected chi connectivity index (χ0v) is 6.70. The van der Waals surface area contributed by atoms with Crippen molar-refractivity contribution in [3.05, 3.63) is 0 Å². The van der Waals surface area contributed by atoms with Gasteiger partial charge in [-0.3, -0.25) is 0 Å². The molecule has 0 unspecified atom stereocenters. The number of rotatable bonds is 0. The second-order valence-corrected chi connectivity index (χ2v) is 0.303. The average molecular weight is 167 g/mol. The second-order valence-electron chi connectivity index (χ2n) is 0.101. The summed E-state index contributed by atoms with van der Waals surface area (Å²) >= 11 is -2.48. The number of hydrogen-bond acceptors (Lipinski definition) is 1. The molecule has 5 heavy (non-hydrogen) atoms. The summed E-state index contributed by atoms with van der Waals surface area (Å²) in [7, 11) is 0. The molecule has 1 nitrogen and oxygen atoms in total. The molecule has 0 aromatic heterocycles. The van der Waals surface area contributed by atoms with E-state index < -0.39 is 21.5 Å². The Labute approximate surface area is 59.8 Å². The molecule has 0 aliphatic heterocycles. The van der Waals surface area contributed by atoms with Crippen LogP contribution in [0.4, 0.5) is 5.91 Å². The van der Waals surface area contributed by atoms with Gasteiger partial charge in [0.05, 0.1) is 0 Å². The van der Waals surface area contributed by atoms with Crippen LogP contribution in [0.3, 0.4) is 0 Å². The monoisotopic (exact) mass is 167 g/mol. The Morgan fingerprint density at radius 3 is 1.40 bits per heavy atom. The molecule has 0 saturated carbocycles. The van der Waals surface area contributed by atoms with E-state index in [0.29, 0.717) is 0 Å². The van der Waals surface area contributed by atoms with Gasteiger partial charge in [-0.15, -0.1) is 0 Å². The van der Waals surface area contributed by atoms with E-state index in [0.717, 1.165) is 0 Å². The van der Waals surface area contributed by atoms with E-state index in [-0.39, 0.29) is 31.0 Å². The Bertz CT molecular complexity index is 13.6. The van der Waals surface area contributed by atoms with Gasteiger partial charge in [0.15, 0.2) is 0 Å². The summed E-state index contributed by atoms with van der Waals surface area (Å²) in [6, 6.07) is 0. The van der Waals surface area contributed by atoms with Crippen LogP contribution < -0.4 is 0 Å². The summed E-state index contributed by atoms with van der Waals surface area (Å²) in [6.07, 6.45) is 0. The Morgan fingerprint density at radius 1 is 1.40 bits per heavy atom. The van der Waals surface area contributed by atoms with Crippen molar-refractivity contribution >= 4 is 21.5 Å². The maximum absolute atomic E-state index is 9.76. The Kier molecular flexibility index (Phi) is 34.5. The van der Waals surface area contributed by atoms with Crippen molar-refractivity contribution in [2.75, 3.05) is 0 Å². The van der Waals surface area contributed by atoms with E-state index in [1.807, 2.05) is 0 Å². The third kappa shape index (κ3) is 29.4. The predicted octanol–water partition coefficient (Wildman–Crippen LogP) is 0.338. The molecule has 5 heteroatoms. The molecule has 0 aromatic rings. The molecule has 0 N–H and O–H groups in total. The Balaban J connectivity index is 0. The molecule has 0 radical (unpaired) electrons. The van der Waals surface area contributed by atoms with Crippen LogP contribution >= 0.6 is 0 Å². The minimum absolute atomic E-state index is 0.100. The first-order valence-corrected chi connectivity index (χ1v) is 3.00. The quantitative estimate of drug-likeness (QED) is 0.475. The van der Waals surface area contributed by atoms with Gasteiger partial charge in [-0.05, 0) is 0 Å². The first-order chi connectivity index (χ1) is 2.41. The van der Waals surface area contributed by atoms with E-state index in [9.17, 15) is 5.91 Å². The molecule has 0 amide bonds. The average Bonchev–Trinajstić information content (AvgIpc) is 1.46. The molecule has 0 atom stereocenters. The molecular weight excluding hydrogens is 167 g/mol. The summed E-state index contributed by atoms with van der Waals surface area (Å²) < 4.78 is 27.9. The van der Waals surface area contributed by atoms with Crippen molar-refractivity contribution < 1.29 is 39.0 Å². The molecule has 0 aliphatic carbocycles.